The third-order valence-electron chi connectivity index (χ3n) is 6.97. The number of fused-ring (bicyclic) bond motifs is 1. The lowest BCUT2D eigenvalue weighted by molar-refractivity contribution is -0.145. The highest BCUT2D eigenvalue weighted by Crippen LogP contribution is 2.48. The number of nitrogens with two attached hydrogens (primary N) is 2. The SMILES string of the molecule is CCOC(=O)CCc1ccccc1O[P@@](=O)(N[C@@H](C)C(=O)OCC)OC[C@H]1O[C@@H](n2cnc3c(N)nc(N)nc32)[C@](C)(O)C1O. The molecule has 3 heterocycles. The first-order valence-corrected chi connectivity index (χ1v) is 15.8. The van der Waals surface area contributed by atoms with E-state index < -0.39 is 56.4 Å². The van der Waals surface area contributed by atoms with Crippen LogP contribution in [0.4, 0.5) is 11.8 Å². The maximum absolute atomic E-state index is 14.2. The quantitative estimate of drug-likeness (QED) is 0.122. The molecule has 6 atom stereocenters. The molecule has 45 heavy (non-hydrogen) atoms. The molecule has 0 spiro atoms. The second kappa shape index (κ2) is 14.1. The molecule has 18 heteroatoms. The zero-order valence-corrected chi connectivity index (χ0v) is 26.2. The van der Waals surface area contributed by atoms with Crippen molar-refractivity contribution in [2.75, 3.05) is 31.3 Å². The second-order valence-electron chi connectivity index (χ2n) is 10.4. The van der Waals surface area contributed by atoms with Gasteiger partial charge >= 0.3 is 19.7 Å². The molecule has 7 N–H and O–H groups in total. The van der Waals surface area contributed by atoms with Crippen LogP contribution in [0, 0.1) is 0 Å². The summed E-state index contributed by atoms with van der Waals surface area (Å²) < 4.78 is 43.1. The van der Waals surface area contributed by atoms with Crippen molar-refractivity contribution >= 4 is 42.6 Å². The predicted molar refractivity (Wildman–Crippen MR) is 160 cm³/mol. The van der Waals surface area contributed by atoms with Gasteiger partial charge in [-0.05, 0) is 45.7 Å². The number of hydrogen-bond acceptors (Lipinski definition) is 15. The average molecular weight is 652 g/mol. The van der Waals surface area contributed by atoms with Gasteiger partial charge in [-0.3, -0.25) is 18.7 Å². The van der Waals surface area contributed by atoms with E-state index >= 15 is 0 Å². The second-order valence-corrected chi connectivity index (χ2v) is 12.1. The number of carbonyl (C=O) groups excluding carboxylic acids is 2. The fraction of sp³-hybridized carbons (Fsp3) is 0.519. The van der Waals surface area contributed by atoms with Crippen molar-refractivity contribution in [3.63, 3.8) is 0 Å². The van der Waals surface area contributed by atoms with Crippen LogP contribution in [0.3, 0.4) is 0 Å². The number of aromatic nitrogens is 4. The minimum absolute atomic E-state index is 0.0109. The number of aliphatic hydroxyl groups excluding tert-OH is 1. The molecule has 0 bridgehead atoms. The van der Waals surface area contributed by atoms with Gasteiger partial charge in [0.05, 0.1) is 26.1 Å². The number of nitrogens with one attached hydrogen (secondary N) is 1. The van der Waals surface area contributed by atoms with Crippen LogP contribution in [0.1, 0.15) is 45.9 Å². The maximum atomic E-state index is 14.2. The standard InChI is InChI=1S/C27H38N7O10P/c1-5-40-19(35)12-11-16-9-7-8-10-17(16)44-45(39,33-15(3)24(37)41-6-2)42-13-18-21(36)27(4,38)25(43-18)34-14-30-20-22(28)31-26(29)32-23(20)34/h7-10,14-15,18,21,25,36,38H,5-6,11-13H2,1-4H3,(H,33,39)(H4,28,29,31,32)/t15-,18+,21?,25+,27+,45+/m0/s1. The third-order valence-corrected chi connectivity index (χ3v) is 8.60. The molecule has 0 amide bonds. The first-order valence-electron chi connectivity index (χ1n) is 14.2. The molecule has 0 aliphatic carbocycles. The smallest absolute Gasteiger partial charge is 0.459 e. The number of ether oxygens (including phenoxy) is 3. The van der Waals surface area contributed by atoms with E-state index in [0.29, 0.717) is 5.56 Å². The lowest BCUT2D eigenvalue weighted by Crippen LogP contribution is -2.44. The molecule has 1 aliphatic rings. The van der Waals surface area contributed by atoms with Crippen molar-refractivity contribution in [2.45, 2.75) is 70.6 Å². The Morgan fingerprint density at radius 2 is 1.91 bits per heavy atom. The predicted octanol–water partition coefficient (Wildman–Crippen LogP) is 1.24. The van der Waals surface area contributed by atoms with Crippen LogP contribution in [0.25, 0.3) is 11.2 Å². The molecule has 4 rings (SSSR count). The van der Waals surface area contributed by atoms with Gasteiger partial charge in [0.2, 0.25) is 5.95 Å². The number of carbonyl (C=O) groups is 2. The van der Waals surface area contributed by atoms with Gasteiger partial charge in [0.25, 0.3) is 0 Å². The van der Waals surface area contributed by atoms with E-state index in [2.05, 4.69) is 20.0 Å². The number of aryl methyl sites for hydroxylation is 1. The fourth-order valence-electron chi connectivity index (χ4n) is 4.72. The lowest BCUT2D eigenvalue weighted by atomic mass is 9.96. The van der Waals surface area contributed by atoms with Gasteiger partial charge in [0.1, 0.15) is 35.1 Å². The Morgan fingerprint density at radius 1 is 1.20 bits per heavy atom. The number of esters is 2. The van der Waals surface area contributed by atoms with Crippen molar-refractivity contribution in [2.24, 2.45) is 0 Å². The Kier molecular flexibility index (Phi) is 10.6. The molecule has 2 aromatic heterocycles. The summed E-state index contributed by atoms with van der Waals surface area (Å²) in [6.45, 7) is 5.81. The van der Waals surface area contributed by atoms with E-state index in [1.165, 1.54) is 30.8 Å². The van der Waals surface area contributed by atoms with Crippen molar-refractivity contribution in [3.8, 4) is 5.75 Å². The van der Waals surface area contributed by atoms with E-state index in [4.69, 9.17) is 34.7 Å². The summed E-state index contributed by atoms with van der Waals surface area (Å²) in [7, 11) is -4.43. The molecule has 1 fully saturated rings. The zero-order chi connectivity index (χ0) is 32.9. The molecule has 17 nitrogen and oxygen atoms in total. The number of aliphatic hydroxyl groups is 2. The van der Waals surface area contributed by atoms with Crippen LogP contribution in [0.5, 0.6) is 5.75 Å². The van der Waals surface area contributed by atoms with Crippen molar-refractivity contribution in [1.82, 2.24) is 24.6 Å². The molecule has 1 saturated heterocycles. The highest BCUT2D eigenvalue weighted by atomic mass is 31.2. The summed E-state index contributed by atoms with van der Waals surface area (Å²) >= 11 is 0. The highest BCUT2D eigenvalue weighted by molar-refractivity contribution is 7.52. The normalized spacial score (nSPS) is 23.4. The van der Waals surface area contributed by atoms with Gasteiger partial charge in [0.15, 0.2) is 17.7 Å². The van der Waals surface area contributed by atoms with Crippen molar-refractivity contribution in [1.29, 1.82) is 0 Å². The molecule has 1 unspecified atom stereocenters. The Balaban J connectivity index is 1.57. The average Bonchev–Trinajstić information content (AvgIpc) is 3.49. The molecular weight excluding hydrogens is 613 g/mol. The van der Waals surface area contributed by atoms with Crippen LogP contribution in [0.2, 0.25) is 0 Å². The van der Waals surface area contributed by atoms with E-state index in [-0.39, 0.29) is 54.7 Å². The summed E-state index contributed by atoms with van der Waals surface area (Å²) in [6.07, 6.45) is -2.53. The minimum atomic E-state index is -4.43. The van der Waals surface area contributed by atoms with Crippen LogP contribution in [-0.4, -0.2) is 85.3 Å². The Morgan fingerprint density at radius 3 is 2.62 bits per heavy atom. The molecule has 1 aromatic carbocycles. The number of nitrogens with zero attached hydrogens (tertiary/aromatic N) is 4. The number of anilines is 2. The number of nitrogen functional groups attached to an aromatic ring is 2. The number of benzene rings is 1. The van der Waals surface area contributed by atoms with Gasteiger partial charge in [-0.15, -0.1) is 0 Å². The fourth-order valence-corrected chi connectivity index (χ4v) is 6.26. The van der Waals surface area contributed by atoms with Gasteiger partial charge in [0, 0.05) is 6.42 Å². The van der Waals surface area contributed by atoms with Crippen LogP contribution < -0.4 is 21.1 Å². The Hall–Kier alpha value is -3.86. The number of hydrogen-bond donors (Lipinski definition) is 5. The number of rotatable bonds is 14. The Bertz CT molecular complexity index is 1570. The maximum Gasteiger partial charge on any atom is 0.459 e. The van der Waals surface area contributed by atoms with Crippen LogP contribution in [0.15, 0.2) is 30.6 Å². The molecule has 246 valence electrons. The number of para-hydroxylation sites is 1. The van der Waals surface area contributed by atoms with Gasteiger partial charge in [-0.2, -0.15) is 15.1 Å². The highest BCUT2D eigenvalue weighted by Gasteiger charge is 2.54. The van der Waals surface area contributed by atoms with E-state index in [0.717, 1.165) is 0 Å². The molecular formula is C27H38N7O10P. The van der Waals surface area contributed by atoms with Gasteiger partial charge in [-0.1, -0.05) is 18.2 Å². The molecule has 0 radical (unpaired) electrons. The summed E-state index contributed by atoms with van der Waals surface area (Å²) in [6, 6.07) is 5.41. The van der Waals surface area contributed by atoms with E-state index in [1.54, 1.807) is 32.0 Å². The minimum Gasteiger partial charge on any atom is -0.466 e. The topological polar surface area (TPSA) is 245 Å². The van der Waals surface area contributed by atoms with E-state index in [9.17, 15) is 24.4 Å². The summed E-state index contributed by atoms with van der Waals surface area (Å²) in [5.74, 6) is -1.14. The van der Waals surface area contributed by atoms with E-state index in [1.807, 2.05) is 0 Å². The molecule has 3 aromatic rings. The summed E-state index contributed by atoms with van der Waals surface area (Å²) in [5.41, 5.74) is 10.6. The lowest BCUT2D eigenvalue weighted by Gasteiger charge is -2.27. The molecule has 0 saturated carbocycles. The third kappa shape index (κ3) is 7.69. The Labute approximate surface area is 258 Å². The van der Waals surface area contributed by atoms with Crippen LogP contribution >= 0.6 is 7.75 Å². The summed E-state index contributed by atoms with van der Waals surface area (Å²) in [4.78, 5) is 36.5. The van der Waals surface area contributed by atoms with Crippen LogP contribution in [-0.2, 0) is 39.3 Å². The monoisotopic (exact) mass is 651 g/mol. The van der Waals surface area contributed by atoms with Crippen molar-refractivity contribution < 1.29 is 47.6 Å². The zero-order valence-electron chi connectivity index (χ0n) is 25.3. The molecule has 1 aliphatic heterocycles. The first kappa shape index (κ1) is 34.0. The number of imidazole rings is 1. The van der Waals surface area contributed by atoms with Crippen molar-refractivity contribution in [3.05, 3.63) is 36.2 Å². The van der Waals surface area contributed by atoms with Gasteiger partial charge in [-0.25, -0.2) is 9.55 Å². The van der Waals surface area contributed by atoms with Gasteiger partial charge < -0.3 is 40.4 Å². The summed E-state index contributed by atoms with van der Waals surface area (Å²) in [5, 5.41) is 24.9. The largest absolute Gasteiger partial charge is 0.466 e. The first-order chi connectivity index (χ1) is 21.3.